The third kappa shape index (κ3) is 1.99. The molecule has 0 atom stereocenters. The summed E-state index contributed by atoms with van der Waals surface area (Å²) in [6, 6.07) is 8.18. The van der Waals surface area contributed by atoms with Crippen LogP contribution in [0.4, 0.5) is 0 Å². The second-order valence-corrected chi connectivity index (χ2v) is 5.20. The number of H-pyrrole nitrogens is 1. The van der Waals surface area contributed by atoms with Crippen LogP contribution in [-0.4, -0.2) is 26.2 Å². The molecule has 19 heavy (non-hydrogen) atoms. The first-order valence-electron chi connectivity index (χ1n) is 6.11. The average Bonchev–Trinajstić information content (AvgIpc) is 2.93. The molecule has 0 fully saturated rings. The van der Waals surface area contributed by atoms with Crippen molar-refractivity contribution >= 4 is 26.8 Å². The Morgan fingerprint density at radius 2 is 2.16 bits per heavy atom. The van der Waals surface area contributed by atoms with E-state index in [1.807, 2.05) is 29.9 Å². The lowest BCUT2D eigenvalue weighted by molar-refractivity contribution is 0.295. The number of nitrogens with one attached hydrogen (secondary N) is 1. The summed E-state index contributed by atoms with van der Waals surface area (Å²) < 4.78 is 2.83. The molecule has 0 saturated carbocycles. The minimum absolute atomic E-state index is 0.102. The normalized spacial score (nSPS) is 11.3. The Kier molecular flexibility index (Phi) is 3.16. The molecule has 0 spiro atoms. The fourth-order valence-corrected chi connectivity index (χ4v) is 3.08. The molecule has 2 aromatic heterocycles. The zero-order valence-corrected chi connectivity index (χ0v) is 12.1. The van der Waals surface area contributed by atoms with Gasteiger partial charge in [-0.25, -0.2) is 4.98 Å². The first-order chi connectivity index (χ1) is 9.22. The van der Waals surface area contributed by atoms with Crippen LogP contribution in [-0.2, 0) is 13.5 Å². The minimum Gasteiger partial charge on any atom is -0.396 e. The van der Waals surface area contributed by atoms with Crippen molar-refractivity contribution in [1.29, 1.82) is 0 Å². The van der Waals surface area contributed by atoms with E-state index < -0.39 is 0 Å². The Labute approximate surface area is 119 Å². The molecule has 0 aliphatic rings. The maximum atomic E-state index is 9.07. The van der Waals surface area contributed by atoms with Gasteiger partial charge in [-0.1, -0.05) is 18.2 Å². The molecule has 2 N–H and O–H groups in total. The van der Waals surface area contributed by atoms with Gasteiger partial charge in [0.25, 0.3) is 0 Å². The number of aromatic amines is 1. The maximum absolute atomic E-state index is 9.07. The highest BCUT2D eigenvalue weighted by Gasteiger charge is 2.17. The number of aromatic nitrogens is 3. The smallest absolute Gasteiger partial charge is 0.132 e. The molecular formula is C14H14BrN3O. The van der Waals surface area contributed by atoms with Gasteiger partial charge in [0.05, 0.1) is 12.3 Å². The molecular weight excluding hydrogens is 306 g/mol. The van der Waals surface area contributed by atoms with Gasteiger partial charge in [0, 0.05) is 36.1 Å². The van der Waals surface area contributed by atoms with Gasteiger partial charge >= 0.3 is 0 Å². The largest absolute Gasteiger partial charge is 0.396 e. The van der Waals surface area contributed by atoms with E-state index in [1.165, 1.54) is 5.39 Å². The van der Waals surface area contributed by atoms with Crippen molar-refractivity contribution in [3.05, 3.63) is 40.9 Å². The lowest BCUT2D eigenvalue weighted by atomic mass is 10.1. The van der Waals surface area contributed by atoms with Crippen LogP contribution < -0.4 is 0 Å². The number of hydrogen-bond donors (Lipinski definition) is 2. The first-order valence-corrected chi connectivity index (χ1v) is 6.90. The van der Waals surface area contributed by atoms with Crippen molar-refractivity contribution in [2.24, 2.45) is 7.05 Å². The summed E-state index contributed by atoms with van der Waals surface area (Å²) in [6.45, 7) is 0.102. The second-order valence-electron chi connectivity index (χ2n) is 4.45. The molecule has 0 bridgehead atoms. The van der Waals surface area contributed by atoms with Gasteiger partial charge in [-0.15, -0.1) is 0 Å². The van der Waals surface area contributed by atoms with E-state index in [0.717, 1.165) is 27.2 Å². The number of imidazole rings is 1. The Bertz CT molecular complexity index is 729. The predicted octanol–water partition coefficient (Wildman–Crippen LogP) is 2.87. The topological polar surface area (TPSA) is 53.8 Å². The number of nitrogens with zero attached hydrogens (tertiary/aromatic N) is 2. The Morgan fingerprint density at radius 3 is 2.95 bits per heavy atom. The lowest BCUT2D eigenvalue weighted by Gasteiger charge is -2.04. The summed E-state index contributed by atoms with van der Waals surface area (Å²) in [7, 11) is 1.97. The van der Waals surface area contributed by atoms with E-state index in [-0.39, 0.29) is 6.61 Å². The molecule has 3 aromatic rings. The fraction of sp³-hybridized carbons (Fsp3) is 0.214. The number of para-hydroxylation sites is 1. The number of aliphatic hydroxyl groups is 1. The molecule has 0 radical (unpaired) electrons. The number of rotatable bonds is 3. The monoisotopic (exact) mass is 319 g/mol. The maximum Gasteiger partial charge on any atom is 0.132 e. The number of halogens is 1. The molecule has 1 aromatic carbocycles. The van der Waals surface area contributed by atoms with E-state index in [4.69, 9.17) is 5.11 Å². The molecule has 0 aliphatic heterocycles. The van der Waals surface area contributed by atoms with E-state index in [2.05, 4.69) is 38.0 Å². The lowest BCUT2D eigenvalue weighted by Crippen LogP contribution is -2.01. The van der Waals surface area contributed by atoms with Crippen molar-refractivity contribution in [3.63, 3.8) is 0 Å². The molecule has 2 heterocycles. The highest BCUT2D eigenvalue weighted by Crippen LogP contribution is 2.33. The summed E-state index contributed by atoms with van der Waals surface area (Å²) in [5.41, 5.74) is 3.25. The number of fused-ring (bicyclic) bond motifs is 1. The molecule has 5 heteroatoms. The minimum atomic E-state index is 0.102. The van der Waals surface area contributed by atoms with Crippen LogP contribution in [0, 0.1) is 0 Å². The molecule has 0 aliphatic carbocycles. The fourth-order valence-electron chi connectivity index (χ4n) is 2.39. The van der Waals surface area contributed by atoms with E-state index >= 15 is 0 Å². The predicted molar refractivity (Wildman–Crippen MR) is 79.0 cm³/mol. The van der Waals surface area contributed by atoms with Crippen molar-refractivity contribution in [3.8, 4) is 11.3 Å². The van der Waals surface area contributed by atoms with Gasteiger partial charge in [0.2, 0.25) is 0 Å². The highest BCUT2D eigenvalue weighted by atomic mass is 79.9. The van der Waals surface area contributed by atoms with Crippen LogP contribution in [0.2, 0.25) is 0 Å². The van der Waals surface area contributed by atoms with E-state index in [0.29, 0.717) is 6.42 Å². The van der Waals surface area contributed by atoms with Gasteiger partial charge < -0.3 is 14.7 Å². The van der Waals surface area contributed by atoms with Gasteiger partial charge in [0.15, 0.2) is 0 Å². The SMILES string of the molecule is Cn1c(CCO)nc(Br)c1-c1c[nH]c2ccccc12. The van der Waals surface area contributed by atoms with Crippen LogP contribution in [0.15, 0.2) is 35.1 Å². The third-order valence-electron chi connectivity index (χ3n) is 3.32. The first kappa shape index (κ1) is 12.4. The Balaban J connectivity index is 2.21. The van der Waals surface area contributed by atoms with E-state index in [9.17, 15) is 0 Å². The van der Waals surface area contributed by atoms with Crippen LogP contribution in [0.25, 0.3) is 22.2 Å². The van der Waals surface area contributed by atoms with Crippen LogP contribution in [0.1, 0.15) is 5.82 Å². The molecule has 0 amide bonds. The quantitative estimate of drug-likeness (QED) is 0.780. The van der Waals surface area contributed by atoms with Crippen molar-refractivity contribution < 1.29 is 5.11 Å². The van der Waals surface area contributed by atoms with E-state index in [1.54, 1.807) is 0 Å². The average molecular weight is 320 g/mol. The molecule has 0 unspecified atom stereocenters. The number of hydrogen-bond acceptors (Lipinski definition) is 2. The van der Waals surface area contributed by atoms with Gasteiger partial charge in [-0.2, -0.15) is 0 Å². The van der Waals surface area contributed by atoms with Crippen molar-refractivity contribution in [2.75, 3.05) is 6.61 Å². The van der Waals surface area contributed by atoms with Gasteiger partial charge in [0.1, 0.15) is 10.4 Å². The molecule has 98 valence electrons. The zero-order valence-electron chi connectivity index (χ0n) is 10.5. The zero-order chi connectivity index (χ0) is 13.4. The van der Waals surface area contributed by atoms with Crippen molar-refractivity contribution in [1.82, 2.24) is 14.5 Å². The standard InChI is InChI=1S/C14H14BrN3O/c1-18-12(6-7-19)17-14(15)13(18)10-8-16-11-5-3-2-4-9(10)11/h2-5,8,16,19H,6-7H2,1H3. The van der Waals surface area contributed by atoms with Crippen LogP contribution in [0.5, 0.6) is 0 Å². The summed E-state index contributed by atoms with van der Waals surface area (Å²) in [5, 5.41) is 10.2. The molecule has 0 saturated heterocycles. The summed E-state index contributed by atoms with van der Waals surface area (Å²) in [5.74, 6) is 0.870. The molecule has 3 rings (SSSR count). The number of benzene rings is 1. The van der Waals surface area contributed by atoms with Crippen molar-refractivity contribution in [2.45, 2.75) is 6.42 Å². The molecule has 4 nitrogen and oxygen atoms in total. The number of aliphatic hydroxyl groups excluding tert-OH is 1. The third-order valence-corrected chi connectivity index (χ3v) is 3.88. The highest BCUT2D eigenvalue weighted by molar-refractivity contribution is 9.10. The van der Waals surface area contributed by atoms with Crippen LogP contribution >= 0.6 is 15.9 Å². The summed E-state index contributed by atoms with van der Waals surface area (Å²) >= 11 is 3.52. The summed E-state index contributed by atoms with van der Waals surface area (Å²) in [4.78, 5) is 7.74. The van der Waals surface area contributed by atoms with Gasteiger partial charge in [-0.05, 0) is 22.0 Å². The Morgan fingerprint density at radius 1 is 1.37 bits per heavy atom. The second kappa shape index (κ2) is 4.83. The Hall–Kier alpha value is -1.59. The summed E-state index contributed by atoms with van der Waals surface area (Å²) in [6.07, 6.45) is 2.55. The van der Waals surface area contributed by atoms with Crippen LogP contribution in [0.3, 0.4) is 0 Å². The van der Waals surface area contributed by atoms with Gasteiger partial charge in [-0.3, -0.25) is 0 Å².